The van der Waals surface area contributed by atoms with Crippen LogP contribution in [0.1, 0.15) is 24.2 Å². The molecular formula is C12H13ClN2O5. The van der Waals surface area contributed by atoms with Crippen molar-refractivity contribution in [2.75, 3.05) is 7.05 Å². The maximum atomic E-state index is 12.2. The number of nitro benzene ring substituents is 1. The number of carboxylic acid groups (broad SMARTS) is 1. The number of carboxylic acids is 1. The molecule has 1 amide bonds. The lowest BCUT2D eigenvalue weighted by molar-refractivity contribution is -0.384. The van der Waals surface area contributed by atoms with Crippen LogP contribution in [-0.2, 0) is 4.79 Å². The van der Waals surface area contributed by atoms with Gasteiger partial charge in [0.2, 0.25) is 0 Å². The number of likely N-dealkylation sites (N-methyl/N-ethyl adjacent to an activating group) is 1. The van der Waals surface area contributed by atoms with Gasteiger partial charge < -0.3 is 10.0 Å². The molecule has 7 nitrogen and oxygen atoms in total. The zero-order valence-electron chi connectivity index (χ0n) is 11.1. The van der Waals surface area contributed by atoms with E-state index in [9.17, 15) is 19.7 Å². The molecule has 1 N–H and O–H groups in total. The van der Waals surface area contributed by atoms with Crippen LogP contribution in [0.2, 0.25) is 5.02 Å². The van der Waals surface area contributed by atoms with Gasteiger partial charge in [0.25, 0.3) is 11.6 Å². The Morgan fingerprint density at radius 2 is 1.95 bits per heavy atom. The van der Waals surface area contributed by atoms with Gasteiger partial charge in [-0.1, -0.05) is 11.6 Å². The van der Waals surface area contributed by atoms with Crippen molar-refractivity contribution < 1.29 is 19.6 Å². The Bertz CT molecular complexity index is 585. The van der Waals surface area contributed by atoms with Crippen molar-refractivity contribution in [3.8, 4) is 0 Å². The molecule has 0 saturated carbocycles. The maximum Gasteiger partial charge on any atom is 0.329 e. The summed E-state index contributed by atoms with van der Waals surface area (Å²) in [5.41, 5.74) is -1.87. The topological polar surface area (TPSA) is 101 Å². The van der Waals surface area contributed by atoms with E-state index in [-0.39, 0.29) is 16.3 Å². The van der Waals surface area contributed by atoms with Crippen LogP contribution in [0.15, 0.2) is 18.2 Å². The van der Waals surface area contributed by atoms with Crippen molar-refractivity contribution in [3.05, 3.63) is 38.9 Å². The lowest BCUT2D eigenvalue weighted by atomic mass is 10.0. The molecule has 0 aliphatic heterocycles. The van der Waals surface area contributed by atoms with Crippen molar-refractivity contribution in [2.45, 2.75) is 19.4 Å². The summed E-state index contributed by atoms with van der Waals surface area (Å²) < 4.78 is 0. The molecule has 0 saturated heterocycles. The van der Waals surface area contributed by atoms with E-state index >= 15 is 0 Å². The maximum absolute atomic E-state index is 12.2. The molecule has 0 spiro atoms. The first kappa shape index (κ1) is 15.9. The molecule has 0 aliphatic carbocycles. The van der Waals surface area contributed by atoms with Gasteiger partial charge in [-0.2, -0.15) is 0 Å². The second kappa shape index (κ2) is 5.46. The van der Waals surface area contributed by atoms with Crippen LogP contribution in [0.3, 0.4) is 0 Å². The summed E-state index contributed by atoms with van der Waals surface area (Å²) in [5, 5.41) is 19.8. The predicted octanol–water partition coefficient (Wildman–Crippen LogP) is 2.18. The van der Waals surface area contributed by atoms with Crippen molar-refractivity contribution in [1.29, 1.82) is 0 Å². The highest BCUT2D eigenvalue weighted by Gasteiger charge is 2.36. The highest BCUT2D eigenvalue weighted by molar-refractivity contribution is 6.34. The number of carbonyl (C=O) groups excluding carboxylic acids is 1. The monoisotopic (exact) mass is 300 g/mol. The lowest BCUT2D eigenvalue weighted by Gasteiger charge is -2.31. The summed E-state index contributed by atoms with van der Waals surface area (Å²) in [7, 11) is 1.30. The van der Waals surface area contributed by atoms with Crippen LogP contribution >= 0.6 is 11.6 Å². The summed E-state index contributed by atoms with van der Waals surface area (Å²) in [6, 6.07) is 3.43. The fourth-order valence-corrected chi connectivity index (χ4v) is 1.57. The quantitative estimate of drug-likeness (QED) is 0.678. The van der Waals surface area contributed by atoms with Gasteiger partial charge in [-0.25, -0.2) is 4.79 Å². The highest BCUT2D eigenvalue weighted by atomic mass is 35.5. The van der Waals surface area contributed by atoms with Crippen molar-refractivity contribution in [1.82, 2.24) is 4.90 Å². The number of amides is 1. The van der Waals surface area contributed by atoms with Gasteiger partial charge in [0.1, 0.15) is 5.54 Å². The van der Waals surface area contributed by atoms with Crippen LogP contribution in [0.5, 0.6) is 0 Å². The highest BCUT2D eigenvalue weighted by Crippen LogP contribution is 2.25. The van der Waals surface area contributed by atoms with E-state index in [0.717, 1.165) is 11.0 Å². The van der Waals surface area contributed by atoms with Crippen LogP contribution in [-0.4, -0.2) is 39.4 Å². The van der Waals surface area contributed by atoms with E-state index in [2.05, 4.69) is 0 Å². The molecule has 0 aromatic heterocycles. The van der Waals surface area contributed by atoms with Crippen LogP contribution < -0.4 is 0 Å². The first-order valence-corrected chi connectivity index (χ1v) is 5.92. The average molecular weight is 301 g/mol. The predicted molar refractivity (Wildman–Crippen MR) is 71.9 cm³/mol. The number of hydrogen-bond acceptors (Lipinski definition) is 4. The number of carbonyl (C=O) groups is 2. The second-order valence-electron chi connectivity index (χ2n) is 4.65. The molecule has 1 rings (SSSR count). The SMILES string of the molecule is CN(C(=O)c1cc([N+](=O)[O-])ccc1Cl)C(C)(C)C(=O)O. The minimum Gasteiger partial charge on any atom is -0.480 e. The first-order valence-electron chi connectivity index (χ1n) is 5.54. The normalized spacial score (nSPS) is 11.0. The fourth-order valence-electron chi connectivity index (χ4n) is 1.37. The lowest BCUT2D eigenvalue weighted by Crippen LogP contribution is -2.50. The Hall–Kier alpha value is -2.15. The first-order chi connectivity index (χ1) is 9.09. The summed E-state index contributed by atoms with van der Waals surface area (Å²) in [6.45, 7) is 2.69. The Morgan fingerprint density at radius 3 is 2.40 bits per heavy atom. The second-order valence-corrected chi connectivity index (χ2v) is 5.06. The van der Waals surface area contributed by atoms with Crippen molar-refractivity contribution in [2.24, 2.45) is 0 Å². The van der Waals surface area contributed by atoms with Gasteiger partial charge in [0.15, 0.2) is 0 Å². The van der Waals surface area contributed by atoms with Crippen molar-refractivity contribution in [3.63, 3.8) is 0 Å². The van der Waals surface area contributed by atoms with E-state index in [1.54, 1.807) is 0 Å². The number of rotatable bonds is 4. The molecule has 0 radical (unpaired) electrons. The molecule has 0 heterocycles. The number of aliphatic carboxylic acids is 1. The minimum absolute atomic E-state index is 0.0219. The van der Waals surface area contributed by atoms with Crippen LogP contribution in [0.25, 0.3) is 0 Å². The van der Waals surface area contributed by atoms with E-state index in [1.807, 2.05) is 0 Å². The smallest absolute Gasteiger partial charge is 0.329 e. The van der Waals surface area contributed by atoms with Gasteiger partial charge in [-0.15, -0.1) is 0 Å². The summed E-state index contributed by atoms with van der Waals surface area (Å²) in [6.07, 6.45) is 0. The molecule has 1 aromatic rings. The third-order valence-electron chi connectivity index (χ3n) is 3.06. The molecule has 20 heavy (non-hydrogen) atoms. The number of nitro groups is 1. The summed E-state index contributed by atoms with van der Waals surface area (Å²) >= 11 is 5.85. The van der Waals surface area contributed by atoms with E-state index in [4.69, 9.17) is 16.7 Å². The summed E-state index contributed by atoms with van der Waals surface area (Å²) in [5.74, 6) is -1.90. The van der Waals surface area contributed by atoms with Crippen LogP contribution in [0.4, 0.5) is 5.69 Å². The Morgan fingerprint density at radius 1 is 1.40 bits per heavy atom. The van der Waals surface area contributed by atoms with Crippen molar-refractivity contribution >= 4 is 29.2 Å². The van der Waals surface area contributed by atoms with Gasteiger partial charge in [-0.05, 0) is 19.9 Å². The standard InChI is InChI=1S/C12H13ClN2O5/c1-12(2,11(17)18)14(3)10(16)8-6-7(15(19)20)4-5-9(8)13/h4-6H,1-3H3,(H,17,18). The Labute approximate surface area is 119 Å². The van der Waals surface area contributed by atoms with Gasteiger partial charge in [-0.3, -0.25) is 14.9 Å². The van der Waals surface area contributed by atoms with E-state index in [0.29, 0.717) is 0 Å². The number of hydrogen-bond donors (Lipinski definition) is 1. The third-order valence-corrected chi connectivity index (χ3v) is 3.39. The van der Waals surface area contributed by atoms with E-state index in [1.165, 1.54) is 33.0 Å². The molecule has 0 fully saturated rings. The largest absolute Gasteiger partial charge is 0.480 e. The zero-order valence-corrected chi connectivity index (χ0v) is 11.8. The molecule has 8 heteroatoms. The van der Waals surface area contributed by atoms with Gasteiger partial charge >= 0.3 is 5.97 Å². The molecule has 0 atom stereocenters. The minimum atomic E-state index is -1.47. The van der Waals surface area contributed by atoms with Gasteiger partial charge in [0.05, 0.1) is 15.5 Å². The molecule has 0 unspecified atom stereocenters. The number of non-ortho nitro benzene ring substituents is 1. The molecule has 108 valence electrons. The average Bonchev–Trinajstić information content (AvgIpc) is 2.36. The molecule has 0 bridgehead atoms. The number of halogens is 1. The zero-order chi connectivity index (χ0) is 15.7. The molecule has 1 aromatic carbocycles. The Kier molecular flexibility index (Phi) is 4.34. The van der Waals surface area contributed by atoms with E-state index < -0.39 is 22.3 Å². The third kappa shape index (κ3) is 2.88. The molecular weight excluding hydrogens is 288 g/mol. The summed E-state index contributed by atoms with van der Waals surface area (Å²) in [4.78, 5) is 34.4. The fraction of sp³-hybridized carbons (Fsp3) is 0.333. The Balaban J connectivity index is 3.24. The number of nitrogens with zero attached hydrogens (tertiary/aromatic N) is 2. The van der Waals surface area contributed by atoms with Crippen LogP contribution in [0, 0.1) is 10.1 Å². The number of benzene rings is 1. The molecule has 0 aliphatic rings. The van der Waals surface area contributed by atoms with Gasteiger partial charge in [0, 0.05) is 19.2 Å².